The van der Waals surface area contributed by atoms with Gasteiger partial charge in [-0.3, -0.25) is 4.72 Å². The fraction of sp³-hybridized carbons (Fsp3) is 0.0909. The zero-order valence-corrected chi connectivity index (χ0v) is 17.3. The van der Waals surface area contributed by atoms with Gasteiger partial charge in [0.05, 0.1) is 4.90 Å². The number of sulfonamides is 1. The molecule has 0 aliphatic heterocycles. The Morgan fingerprint density at radius 3 is 2.27 bits per heavy atom. The number of hydrogen-bond acceptors (Lipinski definition) is 5. The van der Waals surface area contributed by atoms with Crippen LogP contribution >= 0.6 is 0 Å². The number of aryl methyl sites for hydroxylation is 2. The number of rotatable bonds is 6. The van der Waals surface area contributed by atoms with Crippen LogP contribution in [0, 0.1) is 13.8 Å². The van der Waals surface area contributed by atoms with E-state index >= 15 is 0 Å². The van der Waals surface area contributed by atoms with Crippen LogP contribution < -0.4 is 9.46 Å². The molecule has 4 aromatic rings. The molecule has 0 aliphatic carbocycles. The standard InChI is InChI=1S/C22H20N4O3S/c1-16-5-10-20(17(2)15-16)30(27,28)25-18-6-8-19(9-7-18)29-22-12-11-21(23-24-22)26-13-3-4-14-26/h3-15,25H,1-2H3. The van der Waals surface area contributed by atoms with Gasteiger partial charge in [-0.2, -0.15) is 0 Å². The highest BCUT2D eigenvalue weighted by molar-refractivity contribution is 7.92. The Hall–Kier alpha value is -3.65. The number of ether oxygens (including phenoxy) is 1. The van der Waals surface area contributed by atoms with Crippen LogP contribution in [0.25, 0.3) is 5.82 Å². The monoisotopic (exact) mass is 420 g/mol. The molecule has 0 fully saturated rings. The van der Waals surface area contributed by atoms with Crippen molar-refractivity contribution in [1.82, 2.24) is 14.8 Å². The van der Waals surface area contributed by atoms with E-state index in [0.717, 1.165) is 5.56 Å². The summed E-state index contributed by atoms with van der Waals surface area (Å²) in [5, 5.41) is 8.19. The molecule has 0 aliphatic rings. The maximum atomic E-state index is 12.7. The summed E-state index contributed by atoms with van der Waals surface area (Å²) in [6.45, 7) is 3.70. The van der Waals surface area contributed by atoms with E-state index in [2.05, 4.69) is 14.9 Å². The van der Waals surface area contributed by atoms with E-state index < -0.39 is 10.0 Å². The zero-order valence-electron chi connectivity index (χ0n) is 16.5. The van der Waals surface area contributed by atoms with Crippen LogP contribution in [-0.2, 0) is 10.0 Å². The van der Waals surface area contributed by atoms with Crippen LogP contribution in [0.1, 0.15) is 11.1 Å². The molecule has 1 N–H and O–H groups in total. The maximum Gasteiger partial charge on any atom is 0.262 e. The van der Waals surface area contributed by atoms with Crippen LogP contribution in [0.5, 0.6) is 11.6 Å². The summed E-state index contributed by atoms with van der Waals surface area (Å²) in [5.74, 6) is 1.55. The molecule has 8 heteroatoms. The zero-order chi connectivity index (χ0) is 21.1. The highest BCUT2D eigenvalue weighted by Crippen LogP contribution is 2.24. The molecule has 152 valence electrons. The van der Waals surface area contributed by atoms with Gasteiger partial charge in [0.15, 0.2) is 5.82 Å². The molecule has 0 saturated carbocycles. The second-order valence-corrected chi connectivity index (χ2v) is 8.47. The summed E-state index contributed by atoms with van der Waals surface area (Å²) < 4.78 is 35.5. The molecule has 4 rings (SSSR count). The number of nitrogens with one attached hydrogen (secondary N) is 1. The van der Waals surface area contributed by atoms with Gasteiger partial charge in [-0.15, -0.1) is 10.2 Å². The van der Waals surface area contributed by atoms with Crippen molar-refractivity contribution in [2.45, 2.75) is 18.7 Å². The lowest BCUT2D eigenvalue weighted by atomic mass is 10.2. The molecule has 0 radical (unpaired) electrons. The second-order valence-electron chi connectivity index (χ2n) is 6.82. The minimum absolute atomic E-state index is 0.256. The fourth-order valence-corrected chi connectivity index (χ4v) is 4.30. The van der Waals surface area contributed by atoms with Crippen LogP contribution in [0.15, 0.2) is 84.0 Å². The van der Waals surface area contributed by atoms with Gasteiger partial charge in [-0.25, -0.2) is 8.42 Å². The number of nitrogens with zero attached hydrogens (tertiary/aromatic N) is 3. The first-order valence-corrected chi connectivity index (χ1v) is 10.7. The Morgan fingerprint density at radius 1 is 0.900 bits per heavy atom. The van der Waals surface area contributed by atoms with Crippen molar-refractivity contribution in [2.75, 3.05) is 4.72 Å². The van der Waals surface area contributed by atoms with Crippen molar-refractivity contribution in [1.29, 1.82) is 0 Å². The third-order valence-corrected chi connectivity index (χ3v) is 5.99. The highest BCUT2D eigenvalue weighted by atomic mass is 32.2. The van der Waals surface area contributed by atoms with E-state index in [4.69, 9.17) is 4.74 Å². The van der Waals surface area contributed by atoms with Crippen molar-refractivity contribution < 1.29 is 13.2 Å². The van der Waals surface area contributed by atoms with E-state index in [-0.39, 0.29) is 4.90 Å². The van der Waals surface area contributed by atoms with Gasteiger partial charge >= 0.3 is 0 Å². The van der Waals surface area contributed by atoms with E-state index in [0.29, 0.717) is 28.7 Å². The average molecular weight is 420 g/mol. The molecule has 0 atom stereocenters. The smallest absolute Gasteiger partial charge is 0.262 e. The lowest BCUT2D eigenvalue weighted by Crippen LogP contribution is -2.14. The van der Waals surface area contributed by atoms with Crippen LogP contribution in [0.3, 0.4) is 0 Å². The van der Waals surface area contributed by atoms with Gasteiger partial charge in [0, 0.05) is 24.1 Å². The molecule has 30 heavy (non-hydrogen) atoms. The summed E-state index contributed by atoms with van der Waals surface area (Å²) in [6, 6.07) is 19.2. The van der Waals surface area contributed by atoms with E-state index in [9.17, 15) is 8.42 Å². The van der Waals surface area contributed by atoms with Gasteiger partial charge in [0.2, 0.25) is 5.88 Å². The lowest BCUT2D eigenvalue weighted by molar-refractivity contribution is 0.454. The Morgan fingerprint density at radius 2 is 1.63 bits per heavy atom. The SMILES string of the molecule is Cc1ccc(S(=O)(=O)Nc2ccc(Oc3ccc(-n4cccc4)nn3)cc2)c(C)c1. The molecule has 0 saturated heterocycles. The summed E-state index contributed by atoms with van der Waals surface area (Å²) in [7, 11) is -3.67. The first-order chi connectivity index (χ1) is 14.4. The van der Waals surface area contributed by atoms with Gasteiger partial charge in [-0.1, -0.05) is 17.7 Å². The summed E-state index contributed by atoms with van der Waals surface area (Å²) in [5.41, 5.74) is 2.15. The predicted octanol–water partition coefficient (Wildman–Crippen LogP) is 4.48. The molecular weight excluding hydrogens is 400 g/mol. The number of aromatic nitrogens is 3. The first-order valence-electron chi connectivity index (χ1n) is 9.26. The summed E-state index contributed by atoms with van der Waals surface area (Å²) >= 11 is 0. The Labute approximate surface area is 175 Å². The van der Waals surface area contributed by atoms with E-state index in [1.165, 1.54) is 0 Å². The van der Waals surface area contributed by atoms with Crippen molar-refractivity contribution in [3.8, 4) is 17.4 Å². The third kappa shape index (κ3) is 4.33. The van der Waals surface area contributed by atoms with Crippen molar-refractivity contribution in [3.05, 3.63) is 90.3 Å². The van der Waals surface area contributed by atoms with Gasteiger partial charge < -0.3 is 9.30 Å². The summed E-state index contributed by atoms with van der Waals surface area (Å²) in [4.78, 5) is 0.256. The number of benzene rings is 2. The van der Waals surface area contributed by atoms with Crippen LogP contribution in [0.4, 0.5) is 5.69 Å². The largest absolute Gasteiger partial charge is 0.438 e. The van der Waals surface area contributed by atoms with Crippen molar-refractivity contribution in [2.24, 2.45) is 0 Å². The molecule has 0 spiro atoms. The molecule has 2 aromatic carbocycles. The molecular formula is C22H20N4O3S. The average Bonchev–Trinajstić information content (AvgIpc) is 3.24. The minimum Gasteiger partial charge on any atom is -0.438 e. The Bertz CT molecular complexity index is 1250. The third-order valence-electron chi connectivity index (χ3n) is 4.44. The van der Waals surface area contributed by atoms with Gasteiger partial charge in [-0.05, 0) is 67.9 Å². The fourth-order valence-electron chi connectivity index (χ4n) is 3.02. The van der Waals surface area contributed by atoms with Gasteiger partial charge in [0.25, 0.3) is 10.0 Å². The van der Waals surface area contributed by atoms with Crippen LogP contribution in [-0.4, -0.2) is 23.2 Å². The number of hydrogen-bond donors (Lipinski definition) is 1. The van der Waals surface area contributed by atoms with Crippen molar-refractivity contribution in [3.63, 3.8) is 0 Å². The topological polar surface area (TPSA) is 86.1 Å². The van der Waals surface area contributed by atoms with Crippen LogP contribution in [0.2, 0.25) is 0 Å². The van der Waals surface area contributed by atoms with E-state index in [1.807, 2.05) is 42.1 Å². The predicted molar refractivity (Wildman–Crippen MR) is 115 cm³/mol. The first kappa shape index (κ1) is 19.7. The maximum absolute atomic E-state index is 12.7. The molecule has 0 bridgehead atoms. The minimum atomic E-state index is -3.67. The quantitative estimate of drug-likeness (QED) is 0.497. The number of anilines is 1. The normalized spacial score (nSPS) is 11.3. The van der Waals surface area contributed by atoms with Crippen molar-refractivity contribution >= 4 is 15.7 Å². The Kier molecular flexibility index (Phi) is 5.24. The molecule has 0 unspecified atom stereocenters. The lowest BCUT2D eigenvalue weighted by Gasteiger charge is -2.11. The van der Waals surface area contributed by atoms with E-state index in [1.54, 1.807) is 55.5 Å². The second kappa shape index (κ2) is 8.00. The molecule has 0 amide bonds. The van der Waals surface area contributed by atoms with Gasteiger partial charge in [0.1, 0.15) is 5.75 Å². The summed E-state index contributed by atoms with van der Waals surface area (Å²) in [6.07, 6.45) is 3.75. The molecule has 2 heterocycles. The Balaban J connectivity index is 1.45. The molecule has 2 aromatic heterocycles. The highest BCUT2D eigenvalue weighted by Gasteiger charge is 2.17. The molecule has 7 nitrogen and oxygen atoms in total.